The molecule has 0 unspecified atom stereocenters. The Balaban J connectivity index is 1.52. The molecule has 198 valence electrons. The molecule has 1 atom stereocenters. The first-order chi connectivity index (χ1) is 18.4. The molecule has 1 amide bonds. The highest BCUT2D eigenvalue weighted by Gasteiger charge is 2.32. The number of ether oxygens (including phenoxy) is 1. The zero-order chi connectivity index (χ0) is 26.6. The third-order valence-electron chi connectivity index (χ3n) is 7.12. The van der Waals surface area contributed by atoms with Gasteiger partial charge in [-0.05, 0) is 51.0 Å². The van der Waals surface area contributed by atoms with Crippen molar-refractivity contribution in [3.05, 3.63) is 52.2 Å². The molecule has 0 radical (unpaired) electrons. The van der Waals surface area contributed by atoms with Gasteiger partial charge in [-0.2, -0.15) is 10.2 Å². The van der Waals surface area contributed by atoms with Gasteiger partial charge in [0.05, 0.1) is 25.5 Å². The Morgan fingerprint density at radius 3 is 2.63 bits per heavy atom. The SMILES string of the molecule is COc1c(Nc2ncc(C#N)s2)nc(N2CCC[C@H]2c2ccc(C)cc2)nc1C(=O)NC1CCC(O)CC1. The predicted octanol–water partition coefficient (Wildman–Crippen LogP) is 4.24. The number of benzene rings is 1. The van der Waals surface area contributed by atoms with Crippen LogP contribution in [0.4, 0.5) is 16.9 Å². The van der Waals surface area contributed by atoms with Crippen LogP contribution >= 0.6 is 11.3 Å². The van der Waals surface area contributed by atoms with Crippen molar-refractivity contribution in [1.29, 1.82) is 5.26 Å². The number of aromatic nitrogens is 3. The van der Waals surface area contributed by atoms with Gasteiger partial charge in [0.1, 0.15) is 10.9 Å². The van der Waals surface area contributed by atoms with Crippen molar-refractivity contribution in [2.24, 2.45) is 0 Å². The number of anilines is 3. The molecule has 0 bridgehead atoms. The average molecular weight is 534 g/mol. The summed E-state index contributed by atoms with van der Waals surface area (Å²) in [6.07, 6.45) is 5.81. The number of methoxy groups -OCH3 is 1. The highest BCUT2D eigenvalue weighted by molar-refractivity contribution is 7.16. The summed E-state index contributed by atoms with van der Waals surface area (Å²) in [4.78, 5) is 29.9. The van der Waals surface area contributed by atoms with Crippen molar-refractivity contribution in [3.8, 4) is 11.8 Å². The molecule has 1 saturated heterocycles. The van der Waals surface area contributed by atoms with Gasteiger partial charge in [-0.1, -0.05) is 41.2 Å². The number of carbonyl (C=O) groups is 1. The van der Waals surface area contributed by atoms with Gasteiger partial charge in [0.15, 0.2) is 22.4 Å². The summed E-state index contributed by atoms with van der Waals surface area (Å²) in [7, 11) is 1.48. The molecule has 10 nitrogen and oxygen atoms in total. The second-order valence-electron chi connectivity index (χ2n) is 9.76. The Hall–Kier alpha value is -3.75. The van der Waals surface area contributed by atoms with Crippen molar-refractivity contribution >= 4 is 34.1 Å². The lowest BCUT2D eigenvalue weighted by Crippen LogP contribution is -2.39. The first kappa shape index (κ1) is 25.9. The molecule has 2 fully saturated rings. The van der Waals surface area contributed by atoms with Gasteiger partial charge >= 0.3 is 0 Å². The zero-order valence-electron chi connectivity index (χ0n) is 21.5. The Morgan fingerprint density at radius 2 is 1.95 bits per heavy atom. The van der Waals surface area contributed by atoms with E-state index in [0.29, 0.717) is 47.5 Å². The van der Waals surface area contributed by atoms with Crippen LogP contribution in [0.25, 0.3) is 0 Å². The molecular weight excluding hydrogens is 502 g/mol. The molecule has 3 aromatic rings. The molecule has 5 rings (SSSR count). The molecule has 1 saturated carbocycles. The predicted molar refractivity (Wildman–Crippen MR) is 145 cm³/mol. The number of aliphatic hydroxyl groups excluding tert-OH is 1. The van der Waals surface area contributed by atoms with Crippen LogP contribution in [0.1, 0.15) is 71.1 Å². The van der Waals surface area contributed by atoms with Gasteiger partial charge < -0.3 is 25.4 Å². The van der Waals surface area contributed by atoms with E-state index in [2.05, 4.69) is 57.8 Å². The third kappa shape index (κ3) is 5.56. The number of nitriles is 1. The lowest BCUT2D eigenvalue weighted by molar-refractivity contribution is 0.0860. The van der Waals surface area contributed by atoms with E-state index in [1.807, 2.05) is 0 Å². The third-order valence-corrected chi connectivity index (χ3v) is 7.94. The number of hydrogen-bond acceptors (Lipinski definition) is 10. The van der Waals surface area contributed by atoms with Gasteiger partial charge in [0.2, 0.25) is 5.95 Å². The van der Waals surface area contributed by atoms with Crippen LogP contribution in [0.3, 0.4) is 0 Å². The Labute approximate surface area is 225 Å². The number of carbonyl (C=O) groups excluding carboxylic acids is 1. The fraction of sp³-hybridized carbons (Fsp3) is 0.444. The fourth-order valence-electron chi connectivity index (χ4n) is 5.10. The van der Waals surface area contributed by atoms with E-state index < -0.39 is 0 Å². The van der Waals surface area contributed by atoms with E-state index >= 15 is 0 Å². The van der Waals surface area contributed by atoms with E-state index in [1.165, 1.54) is 35.8 Å². The van der Waals surface area contributed by atoms with Gasteiger partial charge in [-0.25, -0.2) is 9.97 Å². The Kier molecular flexibility index (Phi) is 7.72. The van der Waals surface area contributed by atoms with Crippen molar-refractivity contribution in [2.75, 3.05) is 23.9 Å². The molecular formula is C27H31N7O3S. The molecule has 1 aliphatic heterocycles. The topological polar surface area (TPSA) is 136 Å². The zero-order valence-corrected chi connectivity index (χ0v) is 22.3. The van der Waals surface area contributed by atoms with Crippen LogP contribution in [0.15, 0.2) is 30.5 Å². The maximum Gasteiger partial charge on any atom is 0.274 e. The fourth-order valence-corrected chi connectivity index (χ4v) is 5.71. The van der Waals surface area contributed by atoms with E-state index in [-0.39, 0.29) is 35.5 Å². The molecule has 3 N–H and O–H groups in total. The quantitative estimate of drug-likeness (QED) is 0.407. The number of thiazole rings is 1. The number of nitrogens with one attached hydrogen (secondary N) is 2. The number of rotatable bonds is 7. The van der Waals surface area contributed by atoms with Gasteiger partial charge in [0, 0.05) is 12.6 Å². The largest absolute Gasteiger partial charge is 0.491 e. The smallest absolute Gasteiger partial charge is 0.274 e. The number of aryl methyl sites for hydroxylation is 1. The summed E-state index contributed by atoms with van der Waals surface area (Å²) in [5, 5.41) is 25.8. The van der Waals surface area contributed by atoms with Gasteiger partial charge in [0.25, 0.3) is 5.91 Å². The molecule has 11 heteroatoms. The number of aliphatic hydroxyl groups is 1. The van der Waals surface area contributed by atoms with Crippen molar-refractivity contribution in [1.82, 2.24) is 20.3 Å². The van der Waals surface area contributed by atoms with Crippen LogP contribution in [-0.4, -0.2) is 51.8 Å². The molecule has 1 aromatic carbocycles. The summed E-state index contributed by atoms with van der Waals surface area (Å²) >= 11 is 1.19. The highest BCUT2D eigenvalue weighted by Crippen LogP contribution is 2.38. The molecule has 2 aliphatic rings. The van der Waals surface area contributed by atoms with Gasteiger partial charge in [-0.3, -0.25) is 4.79 Å². The van der Waals surface area contributed by atoms with E-state index in [0.717, 1.165) is 19.4 Å². The van der Waals surface area contributed by atoms with Crippen LogP contribution in [0, 0.1) is 18.3 Å². The summed E-state index contributed by atoms with van der Waals surface area (Å²) in [6, 6.07) is 10.6. The van der Waals surface area contributed by atoms with Gasteiger partial charge in [-0.15, -0.1) is 0 Å². The second kappa shape index (κ2) is 11.3. The van der Waals surface area contributed by atoms with Crippen molar-refractivity contribution in [2.45, 2.75) is 63.6 Å². The summed E-state index contributed by atoms with van der Waals surface area (Å²) < 4.78 is 5.66. The molecule has 0 spiro atoms. The molecule has 2 aromatic heterocycles. The summed E-state index contributed by atoms with van der Waals surface area (Å²) in [5.74, 6) is 0.604. The lowest BCUT2D eigenvalue weighted by Gasteiger charge is -2.28. The maximum absolute atomic E-state index is 13.5. The second-order valence-corrected chi connectivity index (χ2v) is 10.8. The van der Waals surface area contributed by atoms with Crippen molar-refractivity contribution in [3.63, 3.8) is 0 Å². The van der Waals surface area contributed by atoms with Crippen LogP contribution in [-0.2, 0) is 0 Å². The minimum Gasteiger partial charge on any atom is -0.491 e. The highest BCUT2D eigenvalue weighted by atomic mass is 32.1. The van der Waals surface area contributed by atoms with Crippen molar-refractivity contribution < 1.29 is 14.6 Å². The molecule has 3 heterocycles. The first-order valence-corrected chi connectivity index (χ1v) is 13.7. The average Bonchev–Trinajstić information content (AvgIpc) is 3.60. The first-order valence-electron chi connectivity index (χ1n) is 12.9. The van der Waals surface area contributed by atoms with E-state index in [4.69, 9.17) is 14.7 Å². The van der Waals surface area contributed by atoms with E-state index in [9.17, 15) is 15.2 Å². The number of amides is 1. The normalized spacial score (nSPS) is 21.1. The molecule has 1 aliphatic carbocycles. The van der Waals surface area contributed by atoms with Crippen LogP contribution < -0.4 is 20.3 Å². The van der Waals surface area contributed by atoms with E-state index in [1.54, 1.807) is 0 Å². The monoisotopic (exact) mass is 533 g/mol. The number of nitrogens with zero attached hydrogens (tertiary/aromatic N) is 5. The summed E-state index contributed by atoms with van der Waals surface area (Å²) in [5.41, 5.74) is 2.50. The molecule has 38 heavy (non-hydrogen) atoms. The standard InChI is InChI=1S/C27H31N7O3S/c1-16-5-7-17(8-6-16)21-4-3-13-34(21)26-31-22(25(36)30-18-9-11-19(35)12-10-18)23(37-2)24(32-26)33-27-29-15-20(14-28)38-27/h5-8,15,18-19,21,35H,3-4,9-13H2,1-2H3,(H,30,36)(H,29,31,32,33)/t18?,19?,21-/m0/s1. The Bertz CT molecular complexity index is 1330. The minimum absolute atomic E-state index is 0.0466. The minimum atomic E-state index is -0.349. The number of hydrogen-bond donors (Lipinski definition) is 3. The van der Waals surface area contributed by atoms with Crippen LogP contribution in [0.2, 0.25) is 0 Å². The summed E-state index contributed by atoms with van der Waals surface area (Å²) in [6.45, 7) is 2.82. The maximum atomic E-state index is 13.5. The Morgan fingerprint density at radius 1 is 1.18 bits per heavy atom. The van der Waals surface area contributed by atoms with Crippen LogP contribution in [0.5, 0.6) is 5.75 Å². The lowest BCUT2D eigenvalue weighted by atomic mass is 9.93.